The van der Waals surface area contributed by atoms with Crippen LogP contribution in [0.25, 0.3) is 0 Å². The van der Waals surface area contributed by atoms with Crippen molar-refractivity contribution in [2.45, 2.75) is 32.7 Å². The Morgan fingerprint density at radius 3 is 2.52 bits per heavy atom. The highest BCUT2D eigenvalue weighted by Gasteiger charge is 2.08. The fraction of sp³-hybridized carbons (Fsp3) is 0.421. The van der Waals surface area contributed by atoms with Gasteiger partial charge in [-0.2, -0.15) is 0 Å². The molecular weight excluding hydrogens is 349 g/mol. The summed E-state index contributed by atoms with van der Waals surface area (Å²) in [5.41, 5.74) is 1.69. The van der Waals surface area contributed by atoms with Gasteiger partial charge >= 0.3 is 0 Å². The molecule has 1 amide bonds. The highest BCUT2D eigenvalue weighted by Crippen LogP contribution is 2.13. The lowest BCUT2D eigenvalue weighted by Crippen LogP contribution is -2.41. The molecular formula is C19H26FN5O2. The van der Waals surface area contributed by atoms with E-state index in [9.17, 15) is 9.18 Å². The van der Waals surface area contributed by atoms with Gasteiger partial charge in [-0.05, 0) is 23.6 Å². The zero-order valence-electron chi connectivity index (χ0n) is 15.9. The maximum absolute atomic E-state index is 12.9. The molecule has 0 radical (unpaired) electrons. The Morgan fingerprint density at radius 2 is 1.89 bits per heavy atom. The zero-order valence-corrected chi connectivity index (χ0v) is 15.9. The summed E-state index contributed by atoms with van der Waals surface area (Å²) >= 11 is 0. The van der Waals surface area contributed by atoms with Crippen molar-refractivity contribution in [3.05, 3.63) is 53.2 Å². The second kappa shape index (κ2) is 10.3. The van der Waals surface area contributed by atoms with E-state index in [0.717, 1.165) is 17.0 Å². The number of aromatic nitrogens is 1. The molecule has 3 N–H and O–H groups in total. The average molecular weight is 375 g/mol. The summed E-state index contributed by atoms with van der Waals surface area (Å²) in [7, 11) is 1.67. The molecule has 2 rings (SSSR count). The van der Waals surface area contributed by atoms with E-state index in [-0.39, 0.29) is 18.1 Å². The lowest BCUT2D eigenvalue weighted by Gasteiger charge is -2.11. The third-order valence-corrected chi connectivity index (χ3v) is 3.84. The molecule has 0 atom stereocenters. The molecule has 0 aliphatic heterocycles. The molecule has 0 bridgehead atoms. The van der Waals surface area contributed by atoms with Gasteiger partial charge in [-0.3, -0.25) is 9.79 Å². The maximum atomic E-state index is 12.9. The Kier molecular flexibility index (Phi) is 7.79. The molecule has 2 aromatic rings. The van der Waals surface area contributed by atoms with Gasteiger partial charge in [0.2, 0.25) is 5.91 Å². The Hall–Kier alpha value is -2.90. The Morgan fingerprint density at radius 1 is 1.19 bits per heavy atom. The second-order valence-corrected chi connectivity index (χ2v) is 6.38. The van der Waals surface area contributed by atoms with Crippen LogP contribution in [0.4, 0.5) is 4.39 Å². The molecule has 0 fully saturated rings. The SMILES string of the molecule is CN=C(NCCNC(=O)Cc1ccc(F)cc1)NCc1cc(C(C)C)no1. The molecule has 0 aliphatic carbocycles. The van der Waals surface area contributed by atoms with Gasteiger partial charge in [-0.25, -0.2) is 4.39 Å². The van der Waals surface area contributed by atoms with Crippen LogP contribution in [-0.2, 0) is 17.8 Å². The predicted molar refractivity (Wildman–Crippen MR) is 102 cm³/mol. The summed E-state index contributed by atoms with van der Waals surface area (Å²) in [6, 6.07) is 7.82. The number of halogens is 1. The van der Waals surface area contributed by atoms with Crippen molar-refractivity contribution in [1.82, 2.24) is 21.1 Å². The van der Waals surface area contributed by atoms with Gasteiger partial charge in [0.1, 0.15) is 5.82 Å². The van der Waals surface area contributed by atoms with Crippen LogP contribution in [0, 0.1) is 5.82 Å². The summed E-state index contributed by atoms with van der Waals surface area (Å²) in [5, 5.41) is 13.1. The first-order valence-electron chi connectivity index (χ1n) is 8.89. The van der Waals surface area contributed by atoms with E-state index in [1.54, 1.807) is 19.2 Å². The molecule has 1 aromatic heterocycles. The van der Waals surface area contributed by atoms with Crippen LogP contribution in [0.1, 0.15) is 36.8 Å². The van der Waals surface area contributed by atoms with Crippen molar-refractivity contribution in [1.29, 1.82) is 0 Å². The van der Waals surface area contributed by atoms with Crippen LogP contribution in [0.2, 0.25) is 0 Å². The number of aliphatic imine (C=N–C) groups is 1. The fourth-order valence-electron chi connectivity index (χ4n) is 2.31. The predicted octanol–water partition coefficient (Wildman–Crippen LogP) is 1.96. The zero-order chi connectivity index (χ0) is 19.6. The monoisotopic (exact) mass is 375 g/mol. The summed E-state index contributed by atoms with van der Waals surface area (Å²) in [6.45, 7) is 5.54. The molecule has 0 unspecified atom stereocenters. The molecule has 0 saturated carbocycles. The number of hydrogen-bond donors (Lipinski definition) is 3. The topological polar surface area (TPSA) is 91.5 Å². The van der Waals surface area contributed by atoms with Gasteiger partial charge in [0.15, 0.2) is 11.7 Å². The normalized spacial score (nSPS) is 11.5. The van der Waals surface area contributed by atoms with Gasteiger partial charge in [0.25, 0.3) is 0 Å². The number of carbonyl (C=O) groups excluding carboxylic acids is 1. The minimum Gasteiger partial charge on any atom is -0.359 e. The molecule has 7 nitrogen and oxygen atoms in total. The number of benzene rings is 1. The van der Waals surface area contributed by atoms with E-state index in [1.807, 2.05) is 6.07 Å². The van der Waals surface area contributed by atoms with Crippen molar-refractivity contribution in [3.63, 3.8) is 0 Å². The quantitative estimate of drug-likeness (QED) is 0.373. The van der Waals surface area contributed by atoms with Crippen molar-refractivity contribution in [3.8, 4) is 0 Å². The number of carbonyl (C=O) groups is 1. The number of hydrogen-bond acceptors (Lipinski definition) is 4. The van der Waals surface area contributed by atoms with Crippen LogP contribution < -0.4 is 16.0 Å². The first-order chi connectivity index (χ1) is 13.0. The summed E-state index contributed by atoms with van der Waals surface area (Å²) in [6.07, 6.45) is 0.219. The summed E-state index contributed by atoms with van der Waals surface area (Å²) in [4.78, 5) is 16.0. The van der Waals surface area contributed by atoms with Crippen LogP contribution in [0.15, 0.2) is 39.8 Å². The number of amides is 1. The standard InChI is InChI=1S/C19H26FN5O2/c1-13(2)17-11-16(27-25-17)12-24-19(21-3)23-9-8-22-18(26)10-14-4-6-15(20)7-5-14/h4-7,11,13H,8-10,12H2,1-3H3,(H,22,26)(H2,21,23,24). The van der Waals surface area contributed by atoms with Gasteiger partial charge in [-0.1, -0.05) is 31.1 Å². The molecule has 1 heterocycles. The molecule has 27 heavy (non-hydrogen) atoms. The van der Waals surface area contributed by atoms with Gasteiger partial charge < -0.3 is 20.5 Å². The van der Waals surface area contributed by atoms with Gasteiger partial charge in [0, 0.05) is 26.2 Å². The highest BCUT2D eigenvalue weighted by molar-refractivity contribution is 5.80. The van der Waals surface area contributed by atoms with Crippen molar-refractivity contribution < 1.29 is 13.7 Å². The molecule has 0 aliphatic rings. The summed E-state index contributed by atoms with van der Waals surface area (Å²) in [5.74, 6) is 1.22. The minimum atomic E-state index is -0.312. The Labute approximate surface area is 158 Å². The summed E-state index contributed by atoms with van der Waals surface area (Å²) < 4.78 is 18.1. The maximum Gasteiger partial charge on any atom is 0.224 e. The van der Waals surface area contributed by atoms with Crippen LogP contribution in [0.5, 0.6) is 0 Å². The second-order valence-electron chi connectivity index (χ2n) is 6.38. The third kappa shape index (κ3) is 7.08. The fourth-order valence-corrected chi connectivity index (χ4v) is 2.31. The van der Waals surface area contributed by atoms with Crippen molar-refractivity contribution in [2.75, 3.05) is 20.1 Å². The lowest BCUT2D eigenvalue weighted by molar-refractivity contribution is -0.120. The highest BCUT2D eigenvalue weighted by atomic mass is 19.1. The lowest BCUT2D eigenvalue weighted by atomic mass is 10.1. The molecule has 146 valence electrons. The van der Waals surface area contributed by atoms with Gasteiger partial charge in [0.05, 0.1) is 18.7 Å². The molecule has 8 heteroatoms. The van der Waals surface area contributed by atoms with Crippen LogP contribution >= 0.6 is 0 Å². The Balaban J connectivity index is 1.65. The first kappa shape index (κ1) is 20.4. The van der Waals surface area contributed by atoms with E-state index < -0.39 is 0 Å². The number of nitrogens with one attached hydrogen (secondary N) is 3. The number of nitrogens with zero attached hydrogens (tertiary/aromatic N) is 2. The Bertz CT molecular complexity index is 756. The number of rotatable bonds is 8. The molecule has 1 aromatic carbocycles. The number of guanidine groups is 1. The van der Waals surface area contributed by atoms with E-state index >= 15 is 0 Å². The van der Waals surface area contributed by atoms with E-state index in [0.29, 0.717) is 31.5 Å². The van der Waals surface area contributed by atoms with E-state index in [2.05, 4.69) is 39.9 Å². The van der Waals surface area contributed by atoms with Crippen LogP contribution in [-0.4, -0.2) is 37.2 Å². The van der Waals surface area contributed by atoms with Crippen LogP contribution in [0.3, 0.4) is 0 Å². The molecule has 0 spiro atoms. The van der Waals surface area contributed by atoms with E-state index in [1.165, 1.54) is 12.1 Å². The molecule has 0 saturated heterocycles. The van der Waals surface area contributed by atoms with Gasteiger partial charge in [-0.15, -0.1) is 0 Å². The minimum absolute atomic E-state index is 0.116. The first-order valence-corrected chi connectivity index (χ1v) is 8.89. The smallest absolute Gasteiger partial charge is 0.224 e. The van der Waals surface area contributed by atoms with Crippen molar-refractivity contribution in [2.24, 2.45) is 4.99 Å². The van der Waals surface area contributed by atoms with E-state index in [4.69, 9.17) is 4.52 Å². The largest absolute Gasteiger partial charge is 0.359 e. The third-order valence-electron chi connectivity index (χ3n) is 3.84. The average Bonchev–Trinajstić information content (AvgIpc) is 3.12. The van der Waals surface area contributed by atoms with Crippen molar-refractivity contribution >= 4 is 11.9 Å².